The van der Waals surface area contributed by atoms with Crippen molar-refractivity contribution in [3.8, 4) is 0 Å². The van der Waals surface area contributed by atoms with E-state index in [1.807, 2.05) is 52.9 Å². The number of amides is 1. The Hall–Kier alpha value is -2.53. The zero-order valence-corrected chi connectivity index (χ0v) is 16.2. The maximum atomic E-state index is 12.7. The fourth-order valence-electron chi connectivity index (χ4n) is 3.69. The van der Waals surface area contributed by atoms with E-state index in [9.17, 15) is 4.79 Å². The van der Waals surface area contributed by atoms with Crippen LogP contribution in [0.15, 0.2) is 48.5 Å². The second-order valence-electron chi connectivity index (χ2n) is 6.92. The molecular formula is C21H23ClN4O. The molecule has 1 fully saturated rings. The minimum atomic E-state index is 0.197. The summed E-state index contributed by atoms with van der Waals surface area (Å²) in [5.74, 6) is 0.197. The third-order valence-electron chi connectivity index (χ3n) is 5.20. The van der Waals surface area contributed by atoms with E-state index in [0.29, 0.717) is 13.0 Å². The molecule has 0 radical (unpaired) electrons. The van der Waals surface area contributed by atoms with Gasteiger partial charge in [0.2, 0.25) is 5.91 Å². The summed E-state index contributed by atoms with van der Waals surface area (Å²) in [4.78, 5) is 16.9. The van der Waals surface area contributed by atoms with Crippen LogP contribution in [0.4, 0.5) is 5.69 Å². The van der Waals surface area contributed by atoms with Gasteiger partial charge in [0.1, 0.15) is 0 Å². The standard InChI is InChI=1S/C21H23ClN4O/c1-16-19-4-2-3-5-20(19)26(23-16)11-10-21(27)25-14-12-24(13-15-25)18-8-6-17(22)7-9-18/h2-9H,10-15H2,1H3. The van der Waals surface area contributed by atoms with Gasteiger partial charge >= 0.3 is 0 Å². The number of aromatic nitrogens is 2. The number of para-hydroxylation sites is 1. The van der Waals surface area contributed by atoms with Gasteiger partial charge in [-0.15, -0.1) is 0 Å². The van der Waals surface area contributed by atoms with Crippen LogP contribution in [-0.2, 0) is 11.3 Å². The lowest BCUT2D eigenvalue weighted by atomic mass is 10.2. The number of hydrogen-bond acceptors (Lipinski definition) is 3. The normalized spacial score (nSPS) is 14.7. The zero-order chi connectivity index (χ0) is 18.8. The summed E-state index contributed by atoms with van der Waals surface area (Å²) in [6.07, 6.45) is 0.478. The molecule has 0 spiro atoms. The molecule has 0 saturated carbocycles. The van der Waals surface area contributed by atoms with Crippen LogP contribution >= 0.6 is 11.6 Å². The van der Waals surface area contributed by atoms with Gasteiger partial charge in [0.15, 0.2) is 0 Å². The maximum Gasteiger partial charge on any atom is 0.224 e. The lowest BCUT2D eigenvalue weighted by Gasteiger charge is -2.36. The van der Waals surface area contributed by atoms with Gasteiger partial charge in [-0.1, -0.05) is 29.8 Å². The van der Waals surface area contributed by atoms with Crippen molar-refractivity contribution >= 4 is 34.1 Å². The predicted molar refractivity (Wildman–Crippen MR) is 109 cm³/mol. The molecule has 1 aliphatic heterocycles. The largest absolute Gasteiger partial charge is 0.368 e. The van der Waals surface area contributed by atoms with Crippen molar-refractivity contribution in [3.05, 3.63) is 59.2 Å². The molecule has 140 valence electrons. The first-order chi connectivity index (χ1) is 13.1. The van der Waals surface area contributed by atoms with Crippen LogP contribution in [0.5, 0.6) is 0 Å². The Kier molecular flexibility index (Phi) is 5.03. The lowest BCUT2D eigenvalue weighted by Crippen LogP contribution is -2.49. The highest BCUT2D eigenvalue weighted by atomic mass is 35.5. The predicted octanol–water partition coefficient (Wildman–Crippen LogP) is 3.74. The SMILES string of the molecule is Cc1nn(CCC(=O)N2CCN(c3ccc(Cl)cc3)CC2)c2ccccc12. The summed E-state index contributed by atoms with van der Waals surface area (Å²) in [6.45, 7) is 5.82. The Morgan fingerprint density at radius 1 is 1.04 bits per heavy atom. The van der Waals surface area contributed by atoms with Gasteiger partial charge in [0.25, 0.3) is 0 Å². The van der Waals surface area contributed by atoms with Crippen molar-refractivity contribution < 1.29 is 4.79 Å². The molecule has 0 atom stereocenters. The molecule has 4 rings (SSSR count). The topological polar surface area (TPSA) is 41.4 Å². The third kappa shape index (κ3) is 3.78. The summed E-state index contributed by atoms with van der Waals surface area (Å²) in [5, 5.41) is 6.49. The number of aryl methyl sites for hydroxylation is 2. The fourth-order valence-corrected chi connectivity index (χ4v) is 3.82. The Bertz CT molecular complexity index is 942. The number of benzene rings is 2. The molecule has 6 heteroatoms. The second kappa shape index (κ2) is 7.61. The van der Waals surface area contributed by atoms with E-state index in [0.717, 1.165) is 53.5 Å². The highest BCUT2D eigenvalue weighted by molar-refractivity contribution is 6.30. The molecule has 1 aromatic heterocycles. The Labute approximate surface area is 164 Å². The number of fused-ring (bicyclic) bond motifs is 1. The second-order valence-corrected chi connectivity index (χ2v) is 7.36. The Morgan fingerprint density at radius 2 is 1.74 bits per heavy atom. The average Bonchev–Trinajstić information content (AvgIpc) is 3.03. The summed E-state index contributed by atoms with van der Waals surface area (Å²) in [5.41, 5.74) is 3.26. The van der Waals surface area contributed by atoms with Gasteiger partial charge in [-0.3, -0.25) is 9.48 Å². The monoisotopic (exact) mass is 382 g/mol. The Morgan fingerprint density at radius 3 is 2.48 bits per heavy atom. The van der Waals surface area contributed by atoms with E-state index >= 15 is 0 Å². The number of anilines is 1. The first-order valence-corrected chi connectivity index (χ1v) is 9.70. The summed E-state index contributed by atoms with van der Waals surface area (Å²) in [7, 11) is 0. The van der Waals surface area contributed by atoms with Crippen LogP contribution in [0.2, 0.25) is 5.02 Å². The summed E-state index contributed by atoms with van der Waals surface area (Å²) in [6, 6.07) is 16.0. The molecule has 3 aromatic rings. The van der Waals surface area contributed by atoms with Gasteiger partial charge in [-0.25, -0.2) is 0 Å². The molecule has 2 aromatic carbocycles. The number of carbonyl (C=O) groups is 1. The number of piperazine rings is 1. The van der Waals surface area contributed by atoms with Crippen molar-refractivity contribution in [2.75, 3.05) is 31.1 Å². The molecule has 1 amide bonds. The number of carbonyl (C=O) groups excluding carboxylic acids is 1. The van der Waals surface area contributed by atoms with E-state index in [2.05, 4.69) is 22.1 Å². The molecule has 1 aliphatic rings. The van der Waals surface area contributed by atoms with Gasteiger partial charge < -0.3 is 9.80 Å². The average molecular weight is 383 g/mol. The zero-order valence-electron chi connectivity index (χ0n) is 15.4. The lowest BCUT2D eigenvalue weighted by molar-refractivity contribution is -0.131. The van der Waals surface area contributed by atoms with Gasteiger partial charge in [-0.2, -0.15) is 5.10 Å². The van der Waals surface area contributed by atoms with Crippen molar-refractivity contribution in [1.29, 1.82) is 0 Å². The highest BCUT2D eigenvalue weighted by Gasteiger charge is 2.21. The van der Waals surface area contributed by atoms with Crippen LogP contribution in [-0.4, -0.2) is 46.8 Å². The number of rotatable bonds is 4. The van der Waals surface area contributed by atoms with Gasteiger partial charge in [0.05, 0.1) is 17.8 Å². The molecular weight excluding hydrogens is 360 g/mol. The molecule has 0 aliphatic carbocycles. The first kappa shape index (κ1) is 17.9. The highest BCUT2D eigenvalue weighted by Crippen LogP contribution is 2.20. The van der Waals surface area contributed by atoms with Gasteiger partial charge in [0, 0.05) is 48.7 Å². The summed E-state index contributed by atoms with van der Waals surface area (Å²) >= 11 is 5.96. The quantitative estimate of drug-likeness (QED) is 0.690. The van der Waals surface area contributed by atoms with Crippen LogP contribution in [0, 0.1) is 6.92 Å². The minimum absolute atomic E-state index is 0.197. The minimum Gasteiger partial charge on any atom is -0.368 e. The van der Waals surface area contributed by atoms with Crippen molar-refractivity contribution in [2.24, 2.45) is 0 Å². The van der Waals surface area contributed by atoms with E-state index in [1.54, 1.807) is 0 Å². The molecule has 0 N–H and O–H groups in total. The molecule has 27 heavy (non-hydrogen) atoms. The van der Waals surface area contributed by atoms with Crippen LogP contribution in [0.3, 0.4) is 0 Å². The van der Waals surface area contributed by atoms with E-state index in [4.69, 9.17) is 11.6 Å². The molecule has 0 unspecified atom stereocenters. The first-order valence-electron chi connectivity index (χ1n) is 9.32. The van der Waals surface area contributed by atoms with Gasteiger partial charge in [-0.05, 0) is 37.3 Å². The fraction of sp³-hybridized carbons (Fsp3) is 0.333. The summed E-state index contributed by atoms with van der Waals surface area (Å²) < 4.78 is 1.95. The van der Waals surface area contributed by atoms with E-state index in [1.165, 1.54) is 0 Å². The number of hydrogen-bond donors (Lipinski definition) is 0. The molecule has 0 bridgehead atoms. The third-order valence-corrected chi connectivity index (χ3v) is 5.46. The van der Waals surface area contributed by atoms with Crippen LogP contribution in [0.1, 0.15) is 12.1 Å². The van der Waals surface area contributed by atoms with Crippen molar-refractivity contribution in [1.82, 2.24) is 14.7 Å². The Balaban J connectivity index is 1.33. The molecule has 5 nitrogen and oxygen atoms in total. The van der Waals surface area contributed by atoms with Crippen molar-refractivity contribution in [2.45, 2.75) is 19.9 Å². The van der Waals surface area contributed by atoms with E-state index < -0.39 is 0 Å². The molecule has 1 saturated heterocycles. The smallest absolute Gasteiger partial charge is 0.224 e. The van der Waals surface area contributed by atoms with Crippen LogP contribution < -0.4 is 4.90 Å². The molecule has 2 heterocycles. The van der Waals surface area contributed by atoms with Crippen LogP contribution in [0.25, 0.3) is 10.9 Å². The number of halogens is 1. The van der Waals surface area contributed by atoms with Crippen molar-refractivity contribution in [3.63, 3.8) is 0 Å². The van der Waals surface area contributed by atoms with E-state index in [-0.39, 0.29) is 5.91 Å². The maximum absolute atomic E-state index is 12.7. The number of nitrogens with zero attached hydrogens (tertiary/aromatic N) is 4.